The molecule has 2 aromatic rings. The van der Waals surface area contributed by atoms with Crippen LogP contribution in [-0.2, 0) is 14.3 Å². The van der Waals surface area contributed by atoms with Crippen LogP contribution in [0.2, 0.25) is 0 Å². The zero-order chi connectivity index (χ0) is 21.8. The molecule has 0 spiro atoms. The number of nitrogens with two attached hydrogens (primary N) is 1. The molecule has 3 amide bonds. The SMILES string of the molecule is CCOC(=O)NC(CCCCC(=O)Nc1ccccc1N)C(=O)Nc1ccccc1. The van der Waals surface area contributed by atoms with Gasteiger partial charge in [-0.3, -0.25) is 9.59 Å². The minimum absolute atomic E-state index is 0.156. The predicted octanol–water partition coefficient (Wildman–Crippen LogP) is 3.52. The summed E-state index contributed by atoms with van der Waals surface area (Å²) in [5.41, 5.74) is 7.53. The molecule has 8 nitrogen and oxygen atoms in total. The highest BCUT2D eigenvalue weighted by Crippen LogP contribution is 2.17. The Morgan fingerprint density at radius 3 is 2.37 bits per heavy atom. The number of amides is 3. The largest absolute Gasteiger partial charge is 0.450 e. The lowest BCUT2D eigenvalue weighted by molar-refractivity contribution is -0.118. The summed E-state index contributed by atoms with van der Waals surface area (Å²) in [5, 5.41) is 8.13. The summed E-state index contributed by atoms with van der Waals surface area (Å²) in [4.78, 5) is 36.5. The van der Waals surface area contributed by atoms with Crippen molar-refractivity contribution in [2.24, 2.45) is 0 Å². The number of carbonyl (C=O) groups is 3. The zero-order valence-corrected chi connectivity index (χ0v) is 17.0. The maximum absolute atomic E-state index is 12.6. The van der Waals surface area contributed by atoms with Gasteiger partial charge in [-0.2, -0.15) is 0 Å². The summed E-state index contributed by atoms with van der Waals surface area (Å²) in [5.74, 6) is -0.493. The number of benzene rings is 2. The monoisotopic (exact) mass is 412 g/mol. The van der Waals surface area contributed by atoms with E-state index in [1.165, 1.54) is 0 Å². The van der Waals surface area contributed by atoms with Gasteiger partial charge in [0.15, 0.2) is 0 Å². The van der Waals surface area contributed by atoms with E-state index in [0.29, 0.717) is 36.3 Å². The average Bonchev–Trinajstić information content (AvgIpc) is 2.73. The Kier molecular flexibility index (Phi) is 9.18. The van der Waals surface area contributed by atoms with E-state index < -0.39 is 12.1 Å². The van der Waals surface area contributed by atoms with E-state index in [9.17, 15) is 14.4 Å². The fourth-order valence-electron chi connectivity index (χ4n) is 2.79. The van der Waals surface area contributed by atoms with Crippen molar-refractivity contribution in [1.29, 1.82) is 0 Å². The summed E-state index contributed by atoms with van der Waals surface area (Å²) < 4.78 is 4.89. The van der Waals surface area contributed by atoms with Gasteiger partial charge in [0.05, 0.1) is 18.0 Å². The third-order valence-electron chi connectivity index (χ3n) is 4.31. The van der Waals surface area contributed by atoms with Crippen LogP contribution in [0.3, 0.4) is 0 Å². The highest BCUT2D eigenvalue weighted by Gasteiger charge is 2.21. The quantitative estimate of drug-likeness (QED) is 0.351. The molecule has 0 heterocycles. The summed E-state index contributed by atoms with van der Waals surface area (Å²) in [6, 6.07) is 15.3. The van der Waals surface area contributed by atoms with Crippen molar-refractivity contribution >= 4 is 35.0 Å². The Morgan fingerprint density at radius 1 is 0.967 bits per heavy atom. The van der Waals surface area contributed by atoms with Crippen molar-refractivity contribution in [3.63, 3.8) is 0 Å². The van der Waals surface area contributed by atoms with Gasteiger partial charge in [-0.15, -0.1) is 0 Å². The highest BCUT2D eigenvalue weighted by atomic mass is 16.5. The van der Waals surface area contributed by atoms with Crippen LogP contribution in [0.5, 0.6) is 0 Å². The van der Waals surface area contributed by atoms with Gasteiger partial charge in [0.2, 0.25) is 11.8 Å². The second-order valence-electron chi connectivity index (χ2n) is 6.65. The van der Waals surface area contributed by atoms with Crippen LogP contribution in [0, 0.1) is 0 Å². The third kappa shape index (κ3) is 7.83. The first kappa shape index (κ1) is 22.7. The number of carbonyl (C=O) groups excluding carboxylic acids is 3. The van der Waals surface area contributed by atoms with Crippen molar-refractivity contribution < 1.29 is 19.1 Å². The summed E-state index contributed by atoms with van der Waals surface area (Å²) in [6.07, 6.45) is 1.12. The molecule has 2 aromatic carbocycles. The molecule has 0 aliphatic rings. The third-order valence-corrected chi connectivity index (χ3v) is 4.31. The van der Waals surface area contributed by atoms with Crippen molar-refractivity contribution in [2.45, 2.75) is 38.6 Å². The Balaban J connectivity index is 1.84. The molecule has 0 saturated carbocycles. The molecular weight excluding hydrogens is 384 g/mol. The topological polar surface area (TPSA) is 123 Å². The first-order valence-corrected chi connectivity index (χ1v) is 9.93. The standard InChI is InChI=1S/C22H28N4O4/c1-2-30-22(29)26-19(21(28)24-16-10-4-3-5-11-16)14-8-9-15-20(27)25-18-13-7-6-12-17(18)23/h3-7,10-13,19H,2,8-9,14-15,23H2,1H3,(H,24,28)(H,25,27)(H,26,29). The molecule has 0 saturated heterocycles. The van der Waals surface area contributed by atoms with Crippen LogP contribution < -0.4 is 21.7 Å². The zero-order valence-electron chi connectivity index (χ0n) is 17.0. The van der Waals surface area contributed by atoms with E-state index in [1.807, 2.05) is 18.2 Å². The van der Waals surface area contributed by atoms with Gasteiger partial charge in [-0.25, -0.2) is 4.79 Å². The number of nitrogens with one attached hydrogen (secondary N) is 3. The minimum Gasteiger partial charge on any atom is -0.450 e. The Hall–Kier alpha value is -3.55. The molecule has 30 heavy (non-hydrogen) atoms. The lowest BCUT2D eigenvalue weighted by Crippen LogP contribution is -2.44. The van der Waals surface area contributed by atoms with Crippen molar-refractivity contribution in [3.8, 4) is 0 Å². The summed E-state index contributed by atoms with van der Waals surface area (Å²) in [7, 11) is 0. The number of anilines is 3. The second kappa shape index (κ2) is 12.1. The number of hydrogen-bond acceptors (Lipinski definition) is 5. The van der Waals surface area contributed by atoms with Crippen molar-refractivity contribution in [2.75, 3.05) is 23.0 Å². The molecule has 0 aliphatic heterocycles. The average molecular weight is 412 g/mol. The molecule has 1 atom stereocenters. The van der Waals surface area contributed by atoms with E-state index in [2.05, 4.69) is 16.0 Å². The summed E-state index contributed by atoms with van der Waals surface area (Å²) >= 11 is 0. The van der Waals surface area contributed by atoms with Gasteiger partial charge in [-0.05, 0) is 44.0 Å². The van der Waals surface area contributed by atoms with Crippen LogP contribution in [0.1, 0.15) is 32.6 Å². The molecule has 0 radical (unpaired) electrons. The number of hydrogen-bond donors (Lipinski definition) is 4. The first-order chi connectivity index (χ1) is 14.5. The van der Waals surface area contributed by atoms with Crippen LogP contribution in [0.4, 0.5) is 21.9 Å². The van der Waals surface area contributed by atoms with Crippen LogP contribution in [0.15, 0.2) is 54.6 Å². The summed E-state index contributed by atoms with van der Waals surface area (Å²) in [6.45, 7) is 1.90. The molecule has 5 N–H and O–H groups in total. The molecule has 0 aromatic heterocycles. The molecule has 8 heteroatoms. The van der Waals surface area contributed by atoms with Crippen molar-refractivity contribution in [1.82, 2.24) is 5.32 Å². The van der Waals surface area contributed by atoms with Crippen LogP contribution in [-0.4, -0.2) is 30.6 Å². The molecule has 160 valence electrons. The normalized spacial score (nSPS) is 11.2. The maximum Gasteiger partial charge on any atom is 0.407 e. The second-order valence-corrected chi connectivity index (χ2v) is 6.65. The number of para-hydroxylation sites is 3. The molecule has 2 rings (SSSR count). The van der Waals surface area contributed by atoms with Crippen LogP contribution >= 0.6 is 0 Å². The lowest BCUT2D eigenvalue weighted by atomic mass is 10.1. The number of rotatable bonds is 10. The van der Waals surface area contributed by atoms with Gasteiger partial charge in [0, 0.05) is 12.1 Å². The number of nitrogen functional groups attached to an aromatic ring is 1. The highest BCUT2D eigenvalue weighted by molar-refractivity contribution is 5.96. The first-order valence-electron chi connectivity index (χ1n) is 9.93. The van der Waals surface area contributed by atoms with Gasteiger partial charge in [-0.1, -0.05) is 36.8 Å². The number of unbranched alkanes of at least 4 members (excludes halogenated alkanes) is 1. The Morgan fingerprint density at radius 2 is 1.67 bits per heavy atom. The minimum atomic E-state index is -0.767. The number of ether oxygens (including phenoxy) is 1. The lowest BCUT2D eigenvalue weighted by Gasteiger charge is -2.18. The van der Waals surface area contributed by atoms with Crippen LogP contribution in [0.25, 0.3) is 0 Å². The van der Waals surface area contributed by atoms with E-state index in [-0.39, 0.29) is 24.8 Å². The molecule has 0 bridgehead atoms. The van der Waals surface area contributed by atoms with Gasteiger partial charge in [0.1, 0.15) is 6.04 Å². The van der Waals surface area contributed by atoms with E-state index in [1.54, 1.807) is 43.3 Å². The Labute approximate surface area is 176 Å². The maximum atomic E-state index is 12.6. The molecule has 1 unspecified atom stereocenters. The Bertz CT molecular complexity index is 842. The van der Waals surface area contributed by atoms with Crippen molar-refractivity contribution in [3.05, 3.63) is 54.6 Å². The molecule has 0 fully saturated rings. The van der Waals surface area contributed by atoms with E-state index >= 15 is 0 Å². The van der Waals surface area contributed by atoms with Gasteiger partial charge in [0.25, 0.3) is 0 Å². The smallest absolute Gasteiger partial charge is 0.407 e. The van der Waals surface area contributed by atoms with Gasteiger partial charge < -0.3 is 26.4 Å². The van der Waals surface area contributed by atoms with Gasteiger partial charge >= 0.3 is 6.09 Å². The fraction of sp³-hybridized carbons (Fsp3) is 0.318. The number of alkyl carbamates (subject to hydrolysis) is 1. The van der Waals surface area contributed by atoms with E-state index in [0.717, 1.165) is 0 Å². The predicted molar refractivity (Wildman–Crippen MR) is 117 cm³/mol. The molecule has 0 aliphatic carbocycles. The fourth-order valence-corrected chi connectivity index (χ4v) is 2.79. The van der Waals surface area contributed by atoms with E-state index in [4.69, 9.17) is 10.5 Å². The molecular formula is C22H28N4O4.